The van der Waals surface area contributed by atoms with E-state index >= 15 is 0 Å². The third-order valence-electron chi connectivity index (χ3n) is 4.65. The van der Waals surface area contributed by atoms with Crippen molar-refractivity contribution < 1.29 is 44.4 Å². The zero-order valence-electron chi connectivity index (χ0n) is 18.1. The minimum absolute atomic E-state index is 0.0468. The quantitative estimate of drug-likeness (QED) is 0.124. The van der Waals surface area contributed by atoms with Crippen LogP contribution in [0.1, 0.15) is 18.4 Å². The molecule has 34 heavy (non-hydrogen) atoms. The number of aromatic hydroxyl groups is 1. The molecule has 14 heteroatoms. The number of amides is 4. The maximum atomic E-state index is 12.9. The molecule has 0 radical (unpaired) electrons. The Kier molecular flexibility index (Phi) is 11.4. The van der Waals surface area contributed by atoms with Gasteiger partial charge in [-0.15, -0.1) is 0 Å². The average molecular weight is 483 g/mol. The van der Waals surface area contributed by atoms with E-state index in [4.69, 9.17) is 21.7 Å². The number of aliphatic hydroxyl groups is 2. The molecule has 0 aromatic heterocycles. The summed E-state index contributed by atoms with van der Waals surface area (Å²) in [5.41, 5.74) is 11.0. The van der Waals surface area contributed by atoms with Gasteiger partial charge in [0.25, 0.3) is 0 Å². The summed E-state index contributed by atoms with van der Waals surface area (Å²) in [5.74, 6) is -5.06. The number of benzene rings is 1. The van der Waals surface area contributed by atoms with Crippen LogP contribution in [0.3, 0.4) is 0 Å². The number of nitrogens with two attached hydrogens (primary N) is 2. The molecule has 0 aliphatic carbocycles. The predicted molar refractivity (Wildman–Crippen MR) is 116 cm³/mol. The molecular weight excluding hydrogens is 454 g/mol. The van der Waals surface area contributed by atoms with Gasteiger partial charge in [-0.1, -0.05) is 12.1 Å². The van der Waals surface area contributed by atoms with Gasteiger partial charge in [0, 0.05) is 12.8 Å². The summed E-state index contributed by atoms with van der Waals surface area (Å²) in [4.78, 5) is 60.0. The maximum absolute atomic E-state index is 12.9. The van der Waals surface area contributed by atoms with Crippen molar-refractivity contribution in [2.45, 2.75) is 43.4 Å². The number of aliphatic hydroxyl groups excluding tert-OH is 2. The number of carboxylic acids is 1. The topological polar surface area (TPSA) is 254 Å². The third kappa shape index (κ3) is 9.40. The molecule has 0 aliphatic heterocycles. The fraction of sp³-hybridized carbons (Fsp3) is 0.450. The van der Waals surface area contributed by atoms with Crippen molar-refractivity contribution in [3.63, 3.8) is 0 Å². The number of rotatable bonds is 14. The van der Waals surface area contributed by atoms with Crippen molar-refractivity contribution >= 4 is 29.6 Å². The summed E-state index contributed by atoms with van der Waals surface area (Å²) in [6.07, 6.45) is -0.692. The van der Waals surface area contributed by atoms with Crippen LogP contribution >= 0.6 is 0 Å². The first-order valence-corrected chi connectivity index (χ1v) is 10.2. The van der Waals surface area contributed by atoms with Crippen LogP contribution < -0.4 is 27.4 Å². The number of nitrogens with one attached hydrogen (secondary N) is 3. The Morgan fingerprint density at radius 3 is 1.85 bits per heavy atom. The maximum Gasteiger partial charge on any atom is 0.328 e. The van der Waals surface area contributed by atoms with E-state index in [1.54, 1.807) is 0 Å². The molecule has 0 spiro atoms. The van der Waals surface area contributed by atoms with Gasteiger partial charge in [0.15, 0.2) is 0 Å². The first-order valence-electron chi connectivity index (χ1n) is 10.2. The zero-order chi connectivity index (χ0) is 25.8. The van der Waals surface area contributed by atoms with E-state index in [1.807, 2.05) is 0 Å². The molecule has 14 nitrogen and oxygen atoms in total. The highest BCUT2D eigenvalue weighted by Crippen LogP contribution is 2.12. The van der Waals surface area contributed by atoms with Gasteiger partial charge in [-0.05, 0) is 24.1 Å². The van der Waals surface area contributed by atoms with E-state index in [0.717, 1.165) is 0 Å². The normalized spacial score (nSPS) is 14.2. The molecular formula is C20H29N5O9. The van der Waals surface area contributed by atoms with Gasteiger partial charge in [-0.25, -0.2) is 4.79 Å². The highest BCUT2D eigenvalue weighted by atomic mass is 16.4. The van der Waals surface area contributed by atoms with Crippen molar-refractivity contribution in [2.24, 2.45) is 11.5 Å². The van der Waals surface area contributed by atoms with Gasteiger partial charge in [-0.3, -0.25) is 19.2 Å². The standard InChI is InChI=1S/C20H29N5O9/c21-12(8-26)17(30)23-13(5-6-16(22)29)18(31)24-14(7-10-1-3-11(28)4-2-10)19(32)25-15(9-27)20(33)34/h1-4,12-15,26-28H,5-9,21H2,(H2,22,29)(H,23,30)(H,24,31)(H,25,32)(H,33,34). The molecule has 11 N–H and O–H groups in total. The summed E-state index contributed by atoms with van der Waals surface area (Å²) in [6.45, 7) is -1.61. The summed E-state index contributed by atoms with van der Waals surface area (Å²) >= 11 is 0. The van der Waals surface area contributed by atoms with Crippen LogP contribution in [0.2, 0.25) is 0 Å². The molecule has 0 fully saturated rings. The third-order valence-corrected chi connectivity index (χ3v) is 4.65. The van der Waals surface area contributed by atoms with Crippen molar-refractivity contribution in [3.8, 4) is 5.75 Å². The summed E-state index contributed by atoms with van der Waals surface area (Å²) in [5, 5.41) is 43.5. The predicted octanol–water partition coefficient (Wildman–Crippen LogP) is -3.95. The smallest absolute Gasteiger partial charge is 0.328 e. The van der Waals surface area contributed by atoms with Crippen LogP contribution in [0.15, 0.2) is 24.3 Å². The average Bonchev–Trinajstić information content (AvgIpc) is 2.79. The minimum atomic E-state index is -1.64. The molecule has 188 valence electrons. The molecule has 0 heterocycles. The van der Waals surface area contributed by atoms with Crippen LogP contribution in [0.25, 0.3) is 0 Å². The fourth-order valence-corrected chi connectivity index (χ4v) is 2.72. The van der Waals surface area contributed by atoms with Gasteiger partial charge < -0.3 is 47.8 Å². The van der Waals surface area contributed by atoms with E-state index in [9.17, 15) is 34.2 Å². The Labute approximate surface area is 194 Å². The fourth-order valence-electron chi connectivity index (χ4n) is 2.72. The molecule has 1 rings (SSSR count). The van der Waals surface area contributed by atoms with Crippen LogP contribution in [0.5, 0.6) is 5.75 Å². The van der Waals surface area contributed by atoms with Gasteiger partial charge in [-0.2, -0.15) is 0 Å². The van der Waals surface area contributed by atoms with Crippen molar-refractivity contribution in [1.82, 2.24) is 16.0 Å². The number of phenols is 1. The Morgan fingerprint density at radius 2 is 1.35 bits per heavy atom. The Hall–Kier alpha value is -3.75. The number of carbonyl (C=O) groups excluding carboxylic acids is 4. The monoisotopic (exact) mass is 483 g/mol. The van der Waals surface area contributed by atoms with Gasteiger partial charge in [0.05, 0.1) is 13.2 Å². The second kappa shape index (κ2) is 13.7. The van der Waals surface area contributed by atoms with Crippen molar-refractivity contribution in [3.05, 3.63) is 29.8 Å². The molecule has 1 aromatic rings. The first kappa shape index (κ1) is 28.3. The molecule has 4 amide bonds. The van der Waals surface area contributed by atoms with E-state index in [0.29, 0.717) is 5.56 Å². The largest absolute Gasteiger partial charge is 0.508 e. The molecule has 1 aromatic carbocycles. The second-order valence-corrected chi connectivity index (χ2v) is 7.37. The van der Waals surface area contributed by atoms with Gasteiger partial charge in [0.2, 0.25) is 23.6 Å². The molecule has 0 saturated carbocycles. The lowest BCUT2D eigenvalue weighted by molar-refractivity contribution is -0.143. The number of primary amides is 1. The Bertz CT molecular complexity index is 878. The SMILES string of the molecule is NC(=O)CCC(NC(=O)C(N)CO)C(=O)NC(Cc1ccc(O)cc1)C(=O)NC(CO)C(=O)O. The Balaban J connectivity index is 3.12. The van der Waals surface area contributed by atoms with E-state index in [-0.39, 0.29) is 25.0 Å². The lowest BCUT2D eigenvalue weighted by atomic mass is 10.0. The van der Waals surface area contributed by atoms with E-state index in [2.05, 4.69) is 16.0 Å². The lowest BCUT2D eigenvalue weighted by Gasteiger charge is -2.25. The number of hydrogen-bond acceptors (Lipinski definition) is 9. The van der Waals surface area contributed by atoms with E-state index < -0.39 is 67.0 Å². The van der Waals surface area contributed by atoms with Crippen molar-refractivity contribution in [1.29, 1.82) is 0 Å². The highest BCUT2D eigenvalue weighted by molar-refractivity contribution is 5.94. The van der Waals surface area contributed by atoms with E-state index in [1.165, 1.54) is 24.3 Å². The number of hydrogen-bond donors (Lipinski definition) is 9. The zero-order valence-corrected chi connectivity index (χ0v) is 18.1. The molecule has 4 atom stereocenters. The summed E-state index contributed by atoms with van der Waals surface area (Å²) in [7, 11) is 0. The van der Waals surface area contributed by atoms with Gasteiger partial charge >= 0.3 is 5.97 Å². The number of aliphatic carboxylic acids is 1. The number of carboxylic acid groups (broad SMARTS) is 1. The molecule has 0 bridgehead atoms. The van der Waals surface area contributed by atoms with Crippen molar-refractivity contribution in [2.75, 3.05) is 13.2 Å². The molecule has 0 saturated heterocycles. The lowest BCUT2D eigenvalue weighted by Crippen LogP contribution is -2.58. The summed E-state index contributed by atoms with van der Waals surface area (Å²) in [6, 6.07) is -0.103. The summed E-state index contributed by atoms with van der Waals surface area (Å²) < 4.78 is 0. The van der Waals surface area contributed by atoms with Crippen LogP contribution in [0.4, 0.5) is 0 Å². The van der Waals surface area contributed by atoms with Gasteiger partial charge in [0.1, 0.15) is 29.9 Å². The number of phenolic OH excluding ortho intramolecular Hbond substituents is 1. The molecule has 4 unspecified atom stereocenters. The first-order chi connectivity index (χ1) is 16.0. The minimum Gasteiger partial charge on any atom is -0.508 e. The molecule has 0 aliphatic rings. The number of carbonyl (C=O) groups is 5. The van der Waals surface area contributed by atoms with Crippen LogP contribution in [-0.4, -0.2) is 87.4 Å². The Morgan fingerprint density at radius 1 is 0.824 bits per heavy atom. The highest BCUT2D eigenvalue weighted by Gasteiger charge is 2.30. The van der Waals surface area contributed by atoms with Crippen LogP contribution in [0, 0.1) is 0 Å². The second-order valence-electron chi connectivity index (χ2n) is 7.37. The van der Waals surface area contributed by atoms with Crippen LogP contribution in [-0.2, 0) is 30.4 Å².